The van der Waals surface area contributed by atoms with Crippen LogP contribution in [0.1, 0.15) is 74.8 Å². The van der Waals surface area contributed by atoms with Gasteiger partial charge in [0.1, 0.15) is 17.4 Å². The number of phenolic OH excluding ortho intramolecular Hbond substituents is 4. The Hall–Kier alpha value is -6.24. The molecule has 7 rings (SSSR count). The number of aromatic nitrogens is 2. The van der Waals surface area contributed by atoms with Crippen LogP contribution in [0.2, 0.25) is 0 Å². The Morgan fingerprint density at radius 2 is 1.68 bits per heavy atom. The maximum absolute atomic E-state index is 15.3. The second kappa shape index (κ2) is 19.9. The van der Waals surface area contributed by atoms with Gasteiger partial charge in [-0.15, -0.1) is 0 Å². The number of rotatable bonds is 20. The van der Waals surface area contributed by atoms with Gasteiger partial charge in [-0.1, -0.05) is 44.2 Å². The predicted octanol–water partition coefficient (Wildman–Crippen LogP) is 8.64. The number of aliphatic hydroxyl groups excluding tert-OH is 2. The fourth-order valence-electron chi connectivity index (χ4n) is 9.49. The number of benzene rings is 4. The van der Waals surface area contributed by atoms with Gasteiger partial charge in [-0.2, -0.15) is 11.9 Å². The molecule has 5 atom stereocenters. The fraction of sp³-hybridized carbons (Fsp3) is 0.373. The van der Waals surface area contributed by atoms with Crippen molar-refractivity contribution in [2.75, 3.05) is 19.0 Å². The Balaban J connectivity index is 1.27. The first kappa shape index (κ1) is 44.8. The van der Waals surface area contributed by atoms with Crippen LogP contribution in [0.4, 0.5) is 11.5 Å². The molecule has 0 radical (unpaired) electrons. The predicted molar refractivity (Wildman–Crippen MR) is 242 cm³/mol. The Kier molecular flexibility index (Phi) is 14.1. The highest BCUT2D eigenvalue weighted by molar-refractivity contribution is 5.87. The van der Waals surface area contributed by atoms with Gasteiger partial charge in [-0.05, 0) is 151 Å². The van der Waals surface area contributed by atoms with Crippen LogP contribution in [-0.2, 0) is 29.5 Å². The van der Waals surface area contributed by atoms with E-state index in [4.69, 9.17) is 9.47 Å². The summed E-state index contributed by atoms with van der Waals surface area (Å²) in [5, 5.41) is 71.4. The van der Waals surface area contributed by atoms with Crippen molar-refractivity contribution >= 4 is 28.1 Å². The number of Topliss-reactive ketones (excluding diaryl/α,β-unsaturated/α-hetero) is 1. The van der Waals surface area contributed by atoms with Crippen LogP contribution >= 0.6 is 0 Å². The molecule has 0 spiro atoms. The number of hydrogen-bond acceptors (Lipinski definition) is 11. The van der Waals surface area contributed by atoms with Gasteiger partial charge >= 0.3 is 0 Å². The molecule has 6 aromatic rings. The number of aryl methyl sites for hydroxylation is 2. The van der Waals surface area contributed by atoms with Gasteiger partial charge in [0.15, 0.2) is 23.0 Å². The van der Waals surface area contributed by atoms with Crippen LogP contribution in [0.3, 0.4) is 0 Å². The number of nitrogens with zero attached hydrogens (tertiary/aromatic N) is 2. The molecule has 2 heterocycles. The van der Waals surface area contributed by atoms with E-state index in [2.05, 4.69) is 29.1 Å². The number of anilines is 2. The minimum absolute atomic E-state index is 0.00724. The quantitative estimate of drug-likeness (QED) is 0.0286. The van der Waals surface area contributed by atoms with Crippen molar-refractivity contribution in [1.29, 1.82) is 0 Å². The largest absolute Gasteiger partial charge is 0.668 e. The molecule has 0 amide bonds. The molecule has 0 aliphatic heterocycles. The molecule has 332 valence electrons. The van der Waals surface area contributed by atoms with Crippen molar-refractivity contribution in [2.45, 2.75) is 89.3 Å². The number of ether oxygens (including phenoxy) is 2. The van der Waals surface area contributed by atoms with E-state index in [1.54, 1.807) is 48.8 Å². The summed E-state index contributed by atoms with van der Waals surface area (Å²) in [6.07, 6.45) is 4.91. The lowest BCUT2D eigenvalue weighted by Gasteiger charge is -2.45. The lowest BCUT2D eigenvalue weighted by Crippen LogP contribution is -2.51. The molecule has 12 heteroatoms. The normalized spacial score (nSPS) is 18.4. The number of aromatic hydroxyl groups is 4. The van der Waals surface area contributed by atoms with Crippen molar-refractivity contribution in [3.8, 4) is 34.5 Å². The molecule has 1 fully saturated rings. The number of carbonyl (C=O) groups excluding carboxylic acids is 1. The molecule has 0 unspecified atom stereocenters. The van der Waals surface area contributed by atoms with Gasteiger partial charge < -0.3 is 50.4 Å². The molecule has 7 N–H and O–H groups in total. The van der Waals surface area contributed by atoms with Crippen molar-refractivity contribution in [1.82, 2.24) is 9.97 Å². The SMILES string of the molecule is COc1cc(CC[C@@H](O)[C@H](C(=O)CCc2cc(O)c(O)c(OCCCC(C)C)c2)[C@@]2(c3ccnc(Nc4ccc5cc(O)ccc5c4)c3)CC[C@@H](O)[C@H]2Cc2ccc[n-]2)ccc1O. The maximum Gasteiger partial charge on any atom is 0.200 e. The van der Waals surface area contributed by atoms with Gasteiger partial charge in [0, 0.05) is 23.7 Å². The zero-order chi connectivity index (χ0) is 44.7. The lowest BCUT2D eigenvalue weighted by atomic mass is 9.58. The number of hydrogen-bond donors (Lipinski definition) is 7. The van der Waals surface area contributed by atoms with E-state index >= 15 is 4.79 Å². The average molecular weight is 857 g/mol. The third-order valence-electron chi connectivity index (χ3n) is 12.6. The van der Waals surface area contributed by atoms with Crippen LogP contribution in [0.5, 0.6) is 34.5 Å². The third-order valence-corrected chi connectivity index (χ3v) is 12.6. The monoisotopic (exact) mass is 856 g/mol. The van der Waals surface area contributed by atoms with Crippen molar-refractivity contribution in [3.05, 3.63) is 126 Å². The molecular weight excluding hydrogens is 799 g/mol. The molecule has 0 saturated heterocycles. The van der Waals surface area contributed by atoms with Gasteiger partial charge in [0.05, 0.1) is 31.8 Å². The summed E-state index contributed by atoms with van der Waals surface area (Å²) in [5.74, 6) is -0.879. The summed E-state index contributed by atoms with van der Waals surface area (Å²) in [6.45, 7) is 4.60. The van der Waals surface area contributed by atoms with Crippen molar-refractivity contribution in [2.24, 2.45) is 17.8 Å². The van der Waals surface area contributed by atoms with E-state index in [9.17, 15) is 30.6 Å². The third kappa shape index (κ3) is 10.4. The zero-order valence-corrected chi connectivity index (χ0v) is 36.1. The number of pyridine rings is 1. The minimum atomic E-state index is -1.19. The number of fused-ring (bicyclic) bond motifs is 1. The highest BCUT2D eigenvalue weighted by Crippen LogP contribution is 2.54. The van der Waals surface area contributed by atoms with E-state index in [0.717, 1.165) is 46.1 Å². The highest BCUT2D eigenvalue weighted by Gasteiger charge is 2.57. The molecule has 63 heavy (non-hydrogen) atoms. The maximum atomic E-state index is 15.3. The fourth-order valence-corrected chi connectivity index (χ4v) is 9.49. The molecule has 4 aromatic carbocycles. The zero-order valence-electron chi connectivity index (χ0n) is 36.1. The standard InChI is InChI=1S/C51H58N3O9/c1-31(2)6-5-23-63-47-26-33(24-45(60)50(47)61)10-17-44(59)49(43(58)16-9-32-8-15-42(57)46(25-32)62-3)51(20-18-41(56)40(51)30-37-7-4-21-52-37)36-19-22-53-48(29-36)54-38-13-11-35-28-39(55)14-12-34(35)27-38/h4,7-8,11-15,19,21-22,24-29,31,40-41,43,49,55-58,60-61H,5-6,9-10,16-18,20,23,30H2,1-3H3,(H,53,54)/q-1/t40-,41-,43-,49-,51-/m1/s1. The van der Waals surface area contributed by atoms with E-state index in [0.29, 0.717) is 55.3 Å². The smallest absolute Gasteiger partial charge is 0.200 e. The molecular formula is C51H58N3O9-. The molecule has 2 aromatic heterocycles. The Morgan fingerprint density at radius 1 is 0.889 bits per heavy atom. The van der Waals surface area contributed by atoms with E-state index in [1.165, 1.54) is 13.2 Å². The van der Waals surface area contributed by atoms with Crippen LogP contribution in [0.25, 0.3) is 10.8 Å². The summed E-state index contributed by atoms with van der Waals surface area (Å²) in [6, 6.07) is 26.6. The Labute approximate surface area is 368 Å². The van der Waals surface area contributed by atoms with E-state index in [1.807, 2.05) is 48.5 Å². The number of carbonyl (C=O) groups is 1. The van der Waals surface area contributed by atoms with E-state index < -0.39 is 29.5 Å². The average Bonchev–Trinajstić information content (AvgIpc) is 3.91. The number of aliphatic hydroxyl groups is 2. The first-order valence-electron chi connectivity index (χ1n) is 21.8. The molecule has 12 nitrogen and oxygen atoms in total. The number of nitrogens with one attached hydrogen (secondary N) is 1. The topological polar surface area (TPSA) is 196 Å². The van der Waals surface area contributed by atoms with Crippen LogP contribution in [0.15, 0.2) is 103 Å². The van der Waals surface area contributed by atoms with Crippen molar-refractivity contribution < 1.29 is 44.9 Å². The van der Waals surface area contributed by atoms with Crippen molar-refractivity contribution in [3.63, 3.8) is 0 Å². The Bertz CT molecular complexity index is 2490. The van der Waals surface area contributed by atoms with Gasteiger partial charge in [-0.3, -0.25) is 4.79 Å². The van der Waals surface area contributed by atoms with Gasteiger partial charge in [0.25, 0.3) is 0 Å². The first-order valence-corrected chi connectivity index (χ1v) is 21.8. The molecule has 1 aliphatic carbocycles. The van der Waals surface area contributed by atoms with Crippen LogP contribution in [-0.4, -0.2) is 67.3 Å². The number of ketones is 1. The number of phenols is 4. The van der Waals surface area contributed by atoms with Gasteiger partial charge in [-0.25, -0.2) is 4.98 Å². The number of methoxy groups -OCH3 is 1. The lowest BCUT2D eigenvalue weighted by molar-refractivity contribution is -0.132. The summed E-state index contributed by atoms with van der Waals surface area (Å²) in [7, 11) is 1.47. The first-order chi connectivity index (χ1) is 30.3. The van der Waals surface area contributed by atoms with Gasteiger partial charge in [0.2, 0.25) is 5.75 Å². The van der Waals surface area contributed by atoms with E-state index in [-0.39, 0.29) is 53.8 Å². The van der Waals surface area contributed by atoms with Crippen LogP contribution in [0, 0.1) is 17.8 Å². The molecule has 0 bridgehead atoms. The second-order valence-corrected chi connectivity index (χ2v) is 17.3. The highest BCUT2D eigenvalue weighted by atomic mass is 16.5. The summed E-state index contributed by atoms with van der Waals surface area (Å²) < 4.78 is 11.3. The molecule has 1 aliphatic rings. The Morgan fingerprint density at radius 3 is 2.46 bits per heavy atom. The molecule has 1 saturated carbocycles. The minimum Gasteiger partial charge on any atom is -0.668 e. The summed E-state index contributed by atoms with van der Waals surface area (Å²) in [5.41, 5.74) is 2.55. The second-order valence-electron chi connectivity index (χ2n) is 17.3. The van der Waals surface area contributed by atoms with Crippen LogP contribution < -0.4 is 19.8 Å². The summed E-state index contributed by atoms with van der Waals surface area (Å²) in [4.78, 5) is 24.5. The summed E-state index contributed by atoms with van der Waals surface area (Å²) >= 11 is 0.